The summed E-state index contributed by atoms with van der Waals surface area (Å²) in [5.41, 5.74) is 6.47. The summed E-state index contributed by atoms with van der Waals surface area (Å²) >= 11 is 1.45. The van der Waals surface area contributed by atoms with E-state index in [2.05, 4.69) is 11.9 Å². The average molecular weight is 225 g/mol. The third-order valence-electron chi connectivity index (χ3n) is 2.51. The van der Waals surface area contributed by atoms with Crippen LogP contribution in [0, 0.1) is 0 Å². The topological polar surface area (TPSA) is 59.2 Å². The number of amides is 1. The number of hydrogen-bond donors (Lipinski definition) is 1. The first-order valence-corrected chi connectivity index (χ1v) is 6.05. The van der Waals surface area contributed by atoms with Gasteiger partial charge < -0.3 is 10.6 Å². The lowest BCUT2D eigenvalue weighted by Gasteiger charge is -2.25. The van der Waals surface area contributed by atoms with Crippen molar-refractivity contribution in [1.82, 2.24) is 9.88 Å². The molecule has 2 rings (SSSR count). The van der Waals surface area contributed by atoms with Gasteiger partial charge >= 0.3 is 0 Å². The lowest BCUT2D eigenvalue weighted by Crippen LogP contribution is -2.37. The van der Waals surface area contributed by atoms with Crippen molar-refractivity contribution in [3.8, 4) is 0 Å². The summed E-state index contributed by atoms with van der Waals surface area (Å²) < 4.78 is 0. The third-order valence-corrected chi connectivity index (χ3v) is 3.62. The number of nitrogens with two attached hydrogens (primary N) is 1. The van der Waals surface area contributed by atoms with Gasteiger partial charge in [0.1, 0.15) is 9.88 Å². The summed E-state index contributed by atoms with van der Waals surface area (Å²) in [6.45, 7) is 4.15. The van der Waals surface area contributed by atoms with Gasteiger partial charge in [0.05, 0.1) is 5.69 Å². The van der Waals surface area contributed by atoms with E-state index in [9.17, 15) is 4.79 Å². The molecule has 0 fully saturated rings. The van der Waals surface area contributed by atoms with Gasteiger partial charge in [0.15, 0.2) is 0 Å². The zero-order valence-electron chi connectivity index (χ0n) is 8.82. The van der Waals surface area contributed by atoms with Gasteiger partial charge in [-0.15, -0.1) is 11.3 Å². The molecule has 0 bridgehead atoms. The van der Waals surface area contributed by atoms with Crippen molar-refractivity contribution in [3.05, 3.63) is 15.6 Å². The molecule has 0 aromatic carbocycles. The van der Waals surface area contributed by atoms with E-state index < -0.39 is 0 Å². The monoisotopic (exact) mass is 225 g/mol. The average Bonchev–Trinajstić information content (AvgIpc) is 2.66. The lowest BCUT2D eigenvalue weighted by atomic mass is 10.1. The highest BCUT2D eigenvalue weighted by molar-refractivity contribution is 7.13. The zero-order chi connectivity index (χ0) is 10.8. The first-order valence-electron chi connectivity index (χ1n) is 5.24. The van der Waals surface area contributed by atoms with Gasteiger partial charge in [0.25, 0.3) is 5.91 Å². The Labute approximate surface area is 93.1 Å². The Morgan fingerprint density at radius 2 is 2.40 bits per heavy atom. The molecule has 2 heterocycles. The molecule has 0 spiro atoms. The normalized spacial score (nSPS) is 15.6. The van der Waals surface area contributed by atoms with Crippen LogP contribution in [0.4, 0.5) is 0 Å². The van der Waals surface area contributed by atoms with E-state index in [0.29, 0.717) is 6.54 Å². The highest BCUT2D eigenvalue weighted by Crippen LogP contribution is 2.24. The first-order chi connectivity index (χ1) is 7.26. The van der Waals surface area contributed by atoms with Crippen molar-refractivity contribution >= 4 is 17.2 Å². The summed E-state index contributed by atoms with van der Waals surface area (Å²) in [5.74, 6) is 0.135. The second-order valence-corrected chi connectivity index (χ2v) is 4.71. The summed E-state index contributed by atoms with van der Waals surface area (Å²) in [6.07, 6.45) is 1.88. The molecule has 4 nitrogen and oxygen atoms in total. The Bertz CT molecular complexity index is 375. The van der Waals surface area contributed by atoms with Crippen LogP contribution >= 0.6 is 11.3 Å². The standard InChI is InChI=1S/C10H15N3OS/c1-2-4-13-5-3-7-9(10(13)14)15-8(6-11)12-7/h2-6,11H2,1H3. The van der Waals surface area contributed by atoms with Crippen LogP contribution in [0.1, 0.15) is 33.7 Å². The fraction of sp³-hybridized carbons (Fsp3) is 0.600. The SMILES string of the molecule is CCCN1CCc2nc(CN)sc2C1=O. The molecular formula is C10H15N3OS. The van der Waals surface area contributed by atoms with Gasteiger partial charge in [-0.1, -0.05) is 6.92 Å². The van der Waals surface area contributed by atoms with Crippen molar-refractivity contribution in [2.45, 2.75) is 26.3 Å². The highest BCUT2D eigenvalue weighted by atomic mass is 32.1. The van der Waals surface area contributed by atoms with E-state index in [0.717, 1.165) is 41.5 Å². The quantitative estimate of drug-likeness (QED) is 0.835. The van der Waals surface area contributed by atoms with Crippen molar-refractivity contribution in [2.24, 2.45) is 5.73 Å². The number of carbonyl (C=O) groups excluding carboxylic acids is 1. The molecule has 1 aromatic rings. The minimum Gasteiger partial charge on any atom is -0.338 e. The van der Waals surface area contributed by atoms with Crippen molar-refractivity contribution in [3.63, 3.8) is 0 Å². The number of rotatable bonds is 3. The minimum atomic E-state index is 0.135. The lowest BCUT2D eigenvalue weighted by molar-refractivity contribution is 0.0744. The molecule has 0 atom stereocenters. The van der Waals surface area contributed by atoms with Gasteiger partial charge in [-0.2, -0.15) is 0 Å². The van der Waals surface area contributed by atoms with E-state index in [-0.39, 0.29) is 5.91 Å². The van der Waals surface area contributed by atoms with Crippen LogP contribution in [0.5, 0.6) is 0 Å². The fourth-order valence-corrected chi connectivity index (χ4v) is 2.75. The number of fused-ring (bicyclic) bond motifs is 1. The molecule has 0 saturated heterocycles. The second kappa shape index (κ2) is 4.28. The van der Waals surface area contributed by atoms with Crippen molar-refractivity contribution < 1.29 is 4.79 Å². The van der Waals surface area contributed by atoms with Gasteiger partial charge in [-0.05, 0) is 6.42 Å². The summed E-state index contributed by atoms with van der Waals surface area (Å²) in [5, 5.41) is 0.867. The molecule has 0 saturated carbocycles. The molecular weight excluding hydrogens is 210 g/mol. The maximum Gasteiger partial charge on any atom is 0.265 e. The molecule has 1 aromatic heterocycles. The Morgan fingerprint density at radius 1 is 1.60 bits per heavy atom. The summed E-state index contributed by atoms with van der Waals surface area (Å²) in [4.78, 5) is 19.1. The zero-order valence-corrected chi connectivity index (χ0v) is 9.64. The molecule has 0 aliphatic carbocycles. The maximum atomic E-state index is 12.0. The number of aromatic nitrogens is 1. The predicted molar refractivity (Wildman–Crippen MR) is 59.9 cm³/mol. The van der Waals surface area contributed by atoms with E-state index >= 15 is 0 Å². The fourth-order valence-electron chi connectivity index (χ4n) is 1.79. The molecule has 2 N–H and O–H groups in total. The smallest absolute Gasteiger partial charge is 0.265 e. The van der Waals surface area contributed by atoms with Crippen LogP contribution in [0.2, 0.25) is 0 Å². The van der Waals surface area contributed by atoms with Crippen molar-refractivity contribution in [1.29, 1.82) is 0 Å². The Kier molecular flexibility index (Phi) is 3.02. The summed E-state index contributed by atoms with van der Waals surface area (Å²) in [6, 6.07) is 0. The third kappa shape index (κ3) is 1.89. The molecule has 5 heteroatoms. The van der Waals surface area contributed by atoms with Crippen molar-refractivity contribution in [2.75, 3.05) is 13.1 Å². The minimum absolute atomic E-state index is 0.135. The van der Waals surface area contributed by atoms with Gasteiger partial charge in [-0.3, -0.25) is 4.79 Å². The van der Waals surface area contributed by atoms with E-state index in [1.54, 1.807) is 0 Å². The molecule has 1 aliphatic heterocycles. The number of carbonyl (C=O) groups is 1. The Morgan fingerprint density at radius 3 is 3.07 bits per heavy atom. The molecule has 82 valence electrons. The van der Waals surface area contributed by atoms with E-state index in [4.69, 9.17) is 5.73 Å². The molecule has 1 amide bonds. The Hall–Kier alpha value is -0.940. The predicted octanol–water partition coefficient (Wildman–Crippen LogP) is 1.01. The maximum absolute atomic E-state index is 12.0. The van der Waals surface area contributed by atoms with Crippen LogP contribution in [0.15, 0.2) is 0 Å². The van der Waals surface area contributed by atoms with Crippen LogP contribution in [0.3, 0.4) is 0 Å². The largest absolute Gasteiger partial charge is 0.338 e. The van der Waals surface area contributed by atoms with Crippen LogP contribution in [0.25, 0.3) is 0 Å². The van der Waals surface area contributed by atoms with Gasteiger partial charge in [0.2, 0.25) is 0 Å². The van der Waals surface area contributed by atoms with Crippen LogP contribution < -0.4 is 5.73 Å². The van der Waals surface area contributed by atoms with Crippen LogP contribution in [-0.2, 0) is 13.0 Å². The molecule has 0 radical (unpaired) electrons. The molecule has 1 aliphatic rings. The number of thiazole rings is 1. The highest BCUT2D eigenvalue weighted by Gasteiger charge is 2.27. The van der Waals surface area contributed by atoms with Gasteiger partial charge in [0, 0.05) is 26.1 Å². The molecule has 15 heavy (non-hydrogen) atoms. The van der Waals surface area contributed by atoms with Gasteiger partial charge in [-0.25, -0.2) is 4.98 Å². The summed E-state index contributed by atoms with van der Waals surface area (Å²) in [7, 11) is 0. The number of hydrogen-bond acceptors (Lipinski definition) is 4. The Balaban J connectivity index is 2.25. The van der Waals surface area contributed by atoms with E-state index in [1.165, 1.54) is 11.3 Å². The van der Waals surface area contributed by atoms with Crippen LogP contribution in [-0.4, -0.2) is 28.9 Å². The number of nitrogens with zero attached hydrogens (tertiary/aromatic N) is 2. The molecule has 0 unspecified atom stereocenters. The first kappa shape index (κ1) is 10.6. The second-order valence-electron chi connectivity index (χ2n) is 3.63. The van der Waals surface area contributed by atoms with E-state index in [1.807, 2.05) is 4.90 Å².